The standard InChI is InChI=1S/C17H19BrN6OS/c18-15-14(22-11-23-15)10-26-6-2-5-20-17-21-9-13(16(25)24-17)7-12-3-1-4-19-8-12/h1,3-4,8-9,11H,2,5-7,10H2,(H,22,23)(H2,20,21,24,25). The number of halogens is 1. The molecule has 3 aromatic heterocycles. The average Bonchev–Trinajstić information content (AvgIpc) is 3.06. The molecule has 0 unspecified atom stereocenters. The summed E-state index contributed by atoms with van der Waals surface area (Å²) >= 11 is 5.24. The van der Waals surface area contributed by atoms with Gasteiger partial charge in [-0.3, -0.25) is 14.8 Å². The van der Waals surface area contributed by atoms with E-state index in [1.807, 2.05) is 23.9 Å². The van der Waals surface area contributed by atoms with E-state index in [9.17, 15) is 4.79 Å². The Labute approximate surface area is 163 Å². The predicted molar refractivity (Wildman–Crippen MR) is 107 cm³/mol. The number of rotatable bonds is 9. The highest BCUT2D eigenvalue weighted by atomic mass is 79.9. The Balaban J connectivity index is 1.40. The lowest BCUT2D eigenvalue weighted by Gasteiger charge is -2.06. The normalized spacial score (nSPS) is 10.8. The van der Waals surface area contributed by atoms with E-state index in [-0.39, 0.29) is 5.56 Å². The summed E-state index contributed by atoms with van der Waals surface area (Å²) < 4.78 is 0.941. The minimum atomic E-state index is -0.121. The van der Waals surface area contributed by atoms with E-state index in [4.69, 9.17) is 0 Å². The second-order valence-electron chi connectivity index (χ2n) is 5.62. The minimum absolute atomic E-state index is 0.121. The molecule has 0 atom stereocenters. The van der Waals surface area contributed by atoms with Crippen molar-refractivity contribution in [1.29, 1.82) is 0 Å². The van der Waals surface area contributed by atoms with Gasteiger partial charge in [0.1, 0.15) is 4.60 Å². The zero-order chi connectivity index (χ0) is 18.2. The van der Waals surface area contributed by atoms with Crippen LogP contribution in [0.1, 0.15) is 23.2 Å². The zero-order valence-corrected chi connectivity index (χ0v) is 16.4. The number of hydrogen-bond donors (Lipinski definition) is 3. The Kier molecular flexibility index (Phi) is 6.84. The van der Waals surface area contributed by atoms with Crippen LogP contribution < -0.4 is 10.9 Å². The van der Waals surface area contributed by atoms with Crippen molar-refractivity contribution < 1.29 is 0 Å². The van der Waals surface area contributed by atoms with Crippen LogP contribution in [0, 0.1) is 0 Å². The van der Waals surface area contributed by atoms with Gasteiger partial charge in [-0.05, 0) is 39.7 Å². The van der Waals surface area contributed by atoms with Crippen LogP contribution in [0.3, 0.4) is 0 Å². The summed E-state index contributed by atoms with van der Waals surface area (Å²) in [5.41, 5.74) is 2.52. The summed E-state index contributed by atoms with van der Waals surface area (Å²) in [6.45, 7) is 0.750. The largest absolute Gasteiger partial charge is 0.356 e. The van der Waals surface area contributed by atoms with Gasteiger partial charge in [0.25, 0.3) is 5.56 Å². The number of pyridine rings is 1. The summed E-state index contributed by atoms with van der Waals surface area (Å²) in [6.07, 6.45) is 8.26. The Hall–Kier alpha value is -2.13. The van der Waals surface area contributed by atoms with E-state index in [0.717, 1.165) is 40.3 Å². The molecule has 9 heteroatoms. The van der Waals surface area contributed by atoms with Crippen LogP contribution in [0.15, 0.2) is 46.4 Å². The summed E-state index contributed by atoms with van der Waals surface area (Å²) in [5, 5.41) is 3.16. The van der Waals surface area contributed by atoms with Crippen LogP contribution >= 0.6 is 27.7 Å². The van der Waals surface area contributed by atoms with Gasteiger partial charge in [-0.15, -0.1) is 0 Å². The van der Waals surface area contributed by atoms with Crippen molar-refractivity contribution in [3.05, 3.63) is 68.8 Å². The SMILES string of the molecule is O=c1[nH]c(NCCCSCc2nc[nH]c2Br)ncc1Cc1cccnc1. The number of anilines is 1. The van der Waals surface area contributed by atoms with Crippen molar-refractivity contribution in [1.82, 2.24) is 24.9 Å². The van der Waals surface area contributed by atoms with Crippen LogP contribution in [0.5, 0.6) is 0 Å². The van der Waals surface area contributed by atoms with Gasteiger partial charge in [-0.1, -0.05) is 6.07 Å². The first-order valence-electron chi connectivity index (χ1n) is 8.19. The molecule has 0 amide bonds. The van der Waals surface area contributed by atoms with E-state index in [1.54, 1.807) is 24.9 Å². The maximum atomic E-state index is 12.2. The van der Waals surface area contributed by atoms with E-state index < -0.39 is 0 Å². The van der Waals surface area contributed by atoms with Crippen LogP contribution in [-0.4, -0.2) is 37.2 Å². The first kappa shape index (κ1) is 18.7. The summed E-state index contributed by atoms with van der Waals surface area (Å²) in [7, 11) is 0. The number of imidazole rings is 1. The number of nitrogens with one attached hydrogen (secondary N) is 3. The van der Waals surface area contributed by atoms with E-state index in [2.05, 4.69) is 46.2 Å². The quantitative estimate of drug-likeness (QED) is 0.447. The van der Waals surface area contributed by atoms with Crippen molar-refractivity contribution in [3.8, 4) is 0 Å². The van der Waals surface area contributed by atoms with Gasteiger partial charge in [0.05, 0.1) is 12.0 Å². The fourth-order valence-corrected chi connectivity index (χ4v) is 3.75. The first-order valence-corrected chi connectivity index (χ1v) is 10.1. The Morgan fingerprint density at radius 2 is 2.19 bits per heavy atom. The highest BCUT2D eigenvalue weighted by molar-refractivity contribution is 9.10. The molecular weight excluding hydrogens is 416 g/mol. The van der Waals surface area contributed by atoms with Crippen molar-refractivity contribution in [2.75, 3.05) is 17.6 Å². The lowest BCUT2D eigenvalue weighted by Crippen LogP contribution is -2.17. The number of nitrogens with zero attached hydrogens (tertiary/aromatic N) is 3. The molecule has 0 aliphatic carbocycles. The molecule has 3 N–H and O–H groups in total. The molecule has 0 fully saturated rings. The van der Waals surface area contributed by atoms with E-state index >= 15 is 0 Å². The third-order valence-corrected chi connectivity index (χ3v) is 5.39. The highest BCUT2D eigenvalue weighted by Crippen LogP contribution is 2.18. The topological polar surface area (TPSA) is 99.3 Å². The summed E-state index contributed by atoms with van der Waals surface area (Å²) in [4.78, 5) is 30.5. The van der Waals surface area contributed by atoms with Crippen molar-refractivity contribution in [2.24, 2.45) is 0 Å². The Bertz CT molecular complexity index is 882. The molecule has 0 radical (unpaired) electrons. The van der Waals surface area contributed by atoms with Gasteiger partial charge in [-0.25, -0.2) is 9.97 Å². The maximum Gasteiger partial charge on any atom is 0.255 e. The van der Waals surface area contributed by atoms with E-state index in [0.29, 0.717) is 17.9 Å². The van der Waals surface area contributed by atoms with Gasteiger partial charge >= 0.3 is 0 Å². The Morgan fingerprint density at radius 3 is 2.92 bits per heavy atom. The molecule has 0 saturated heterocycles. The van der Waals surface area contributed by atoms with Crippen molar-refractivity contribution >= 4 is 33.6 Å². The van der Waals surface area contributed by atoms with Crippen LogP contribution in [-0.2, 0) is 12.2 Å². The molecular formula is C17H19BrN6OS. The fourth-order valence-electron chi connectivity index (χ4n) is 2.32. The van der Waals surface area contributed by atoms with Crippen LogP contribution in [0.4, 0.5) is 5.95 Å². The molecule has 0 aliphatic heterocycles. The van der Waals surface area contributed by atoms with Crippen molar-refractivity contribution in [2.45, 2.75) is 18.6 Å². The lowest BCUT2D eigenvalue weighted by molar-refractivity contribution is 0.942. The predicted octanol–water partition coefficient (Wildman–Crippen LogP) is 2.98. The van der Waals surface area contributed by atoms with Gasteiger partial charge in [0.2, 0.25) is 5.95 Å². The van der Waals surface area contributed by atoms with E-state index in [1.165, 1.54) is 0 Å². The number of thioether (sulfide) groups is 1. The molecule has 3 heterocycles. The molecule has 3 aromatic rings. The summed E-state index contributed by atoms with van der Waals surface area (Å²) in [6, 6.07) is 3.80. The number of aromatic nitrogens is 5. The van der Waals surface area contributed by atoms with Gasteiger partial charge < -0.3 is 10.3 Å². The molecule has 0 bridgehead atoms. The van der Waals surface area contributed by atoms with Gasteiger partial charge in [0, 0.05) is 42.9 Å². The molecule has 0 aromatic carbocycles. The molecule has 3 rings (SSSR count). The van der Waals surface area contributed by atoms with Crippen LogP contribution in [0.25, 0.3) is 0 Å². The number of hydrogen-bond acceptors (Lipinski definition) is 6. The first-order chi connectivity index (χ1) is 12.7. The third kappa shape index (κ3) is 5.43. The van der Waals surface area contributed by atoms with Crippen molar-refractivity contribution in [3.63, 3.8) is 0 Å². The molecule has 0 spiro atoms. The maximum absolute atomic E-state index is 12.2. The second-order valence-corrected chi connectivity index (χ2v) is 7.52. The second kappa shape index (κ2) is 9.54. The molecule has 26 heavy (non-hydrogen) atoms. The molecule has 0 saturated carbocycles. The highest BCUT2D eigenvalue weighted by Gasteiger charge is 2.05. The molecule has 136 valence electrons. The number of aromatic amines is 2. The van der Waals surface area contributed by atoms with Crippen LogP contribution in [0.2, 0.25) is 0 Å². The molecule has 7 nitrogen and oxygen atoms in total. The van der Waals surface area contributed by atoms with Gasteiger partial charge in [0.15, 0.2) is 0 Å². The zero-order valence-electron chi connectivity index (χ0n) is 14.0. The third-order valence-electron chi connectivity index (χ3n) is 3.65. The smallest absolute Gasteiger partial charge is 0.255 e. The van der Waals surface area contributed by atoms with Gasteiger partial charge in [-0.2, -0.15) is 11.8 Å². The average molecular weight is 435 g/mol. The lowest BCUT2D eigenvalue weighted by atomic mass is 10.1. The number of H-pyrrole nitrogens is 2. The monoisotopic (exact) mass is 434 g/mol. The Morgan fingerprint density at radius 1 is 1.27 bits per heavy atom. The minimum Gasteiger partial charge on any atom is -0.356 e. The summed E-state index contributed by atoms with van der Waals surface area (Å²) in [5.74, 6) is 2.36. The fraction of sp³-hybridized carbons (Fsp3) is 0.294. The molecule has 0 aliphatic rings.